The van der Waals surface area contributed by atoms with Crippen LogP contribution in [0.3, 0.4) is 0 Å². The maximum absolute atomic E-state index is 13.9. The Morgan fingerprint density at radius 2 is 1.93 bits per heavy atom. The van der Waals surface area contributed by atoms with E-state index in [-0.39, 0.29) is 17.0 Å². The molecule has 0 radical (unpaired) electrons. The first-order valence-electron chi connectivity index (χ1n) is 10.2. The van der Waals surface area contributed by atoms with Crippen molar-refractivity contribution in [1.29, 1.82) is 0 Å². The molecule has 1 aliphatic rings. The van der Waals surface area contributed by atoms with Crippen LogP contribution in [0.4, 0.5) is 4.39 Å². The van der Waals surface area contributed by atoms with Gasteiger partial charge in [-0.15, -0.1) is 0 Å². The molecule has 1 fully saturated rings. The molecule has 0 aromatic heterocycles. The molecule has 0 spiro atoms. The Hall–Kier alpha value is -1.18. The first-order valence-corrected chi connectivity index (χ1v) is 11.9. The first kappa shape index (κ1) is 23.1. The highest BCUT2D eigenvalue weighted by Crippen LogP contribution is 2.31. The van der Waals surface area contributed by atoms with E-state index in [2.05, 4.69) is 30.8 Å². The van der Waals surface area contributed by atoms with E-state index in [1.807, 2.05) is 0 Å². The summed E-state index contributed by atoms with van der Waals surface area (Å²) in [5.74, 6) is 0.404. The first-order chi connectivity index (χ1) is 13.1. The minimum absolute atomic E-state index is 0.0828. The van der Waals surface area contributed by atoms with Crippen LogP contribution in [-0.4, -0.2) is 32.9 Å². The molecule has 0 amide bonds. The summed E-state index contributed by atoms with van der Waals surface area (Å²) in [6, 6.07) is 4.11. The molecule has 0 aliphatic heterocycles. The van der Waals surface area contributed by atoms with Crippen molar-refractivity contribution < 1.29 is 17.5 Å². The summed E-state index contributed by atoms with van der Waals surface area (Å²) in [5, 5.41) is 3.40. The number of halogens is 1. The van der Waals surface area contributed by atoms with Gasteiger partial charge in [0.15, 0.2) is 11.6 Å². The van der Waals surface area contributed by atoms with Crippen molar-refractivity contribution in [3.63, 3.8) is 0 Å². The van der Waals surface area contributed by atoms with Crippen molar-refractivity contribution in [1.82, 2.24) is 10.0 Å². The highest BCUT2D eigenvalue weighted by atomic mass is 32.2. The average Bonchev–Trinajstić information content (AvgIpc) is 3.40. The SMILES string of the molecule is C[C@@H](NS(=O)(=O)CCCCCNC(C)(C)C)c1ccc(F)c(OCC2CC2)c1. The number of benzene rings is 1. The number of hydrogen-bond acceptors (Lipinski definition) is 4. The van der Waals surface area contributed by atoms with Crippen LogP contribution in [0.5, 0.6) is 5.75 Å². The lowest BCUT2D eigenvalue weighted by Crippen LogP contribution is -2.36. The number of rotatable bonds is 12. The van der Waals surface area contributed by atoms with E-state index in [4.69, 9.17) is 4.74 Å². The van der Waals surface area contributed by atoms with Gasteiger partial charge in [0.1, 0.15) is 0 Å². The molecular weight excluding hydrogens is 379 g/mol. The van der Waals surface area contributed by atoms with Gasteiger partial charge in [-0.1, -0.05) is 12.5 Å². The lowest BCUT2D eigenvalue weighted by molar-refractivity contribution is 0.285. The Labute approximate surface area is 169 Å². The van der Waals surface area contributed by atoms with Gasteiger partial charge >= 0.3 is 0 Å². The van der Waals surface area contributed by atoms with E-state index in [1.165, 1.54) is 6.07 Å². The second kappa shape index (κ2) is 10.0. The summed E-state index contributed by atoms with van der Waals surface area (Å²) in [4.78, 5) is 0. The summed E-state index contributed by atoms with van der Waals surface area (Å²) in [6.45, 7) is 9.50. The zero-order chi connectivity index (χ0) is 20.8. The fourth-order valence-electron chi connectivity index (χ4n) is 2.85. The summed E-state index contributed by atoms with van der Waals surface area (Å²) >= 11 is 0. The second-order valence-electron chi connectivity index (χ2n) is 8.84. The van der Waals surface area contributed by atoms with Crippen LogP contribution >= 0.6 is 0 Å². The third kappa shape index (κ3) is 8.88. The topological polar surface area (TPSA) is 67.4 Å². The maximum Gasteiger partial charge on any atom is 0.212 e. The molecule has 7 heteroatoms. The molecule has 0 heterocycles. The van der Waals surface area contributed by atoms with E-state index in [0.29, 0.717) is 24.5 Å². The van der Waals surface area contributed by atoms with Crippen molar-refractivity contribution in [2.75, 3.05) is 18.9 Å². The van der Waals surface area contributed by atoms with Gasteiger partial charge in [0.25, 0.3) is 0 Å². The number of unbranched alkanes of at least 4 members (excludes halogenated alkanes) is 2. The minimum Gasteiger partial charge on any atom is -0.490 e. The Balaban J connectivity index is 1.78. The van der Waals surface area contributed by atoms with Gasteiger partial charge in [-0.25, -0.2) is 17.5 Å². The lowest BCUT2D eigenvalue weighted by atomic mass is 10.1. The molecule has 2 N–H and O–H groups in total. The van der Waals surface area contributed by atoms with Crippen molar-refractivity contribution in [2.45, 2.75) is 71.4 Å². The Morgan fingerprint density at radius 3 is 2.57 bits per heavy atom. The highest BCUT2D eigenvalue weighted by Gasteiger charge is 2.23. The number of ether oxygens (including phenoxy) is 1. The third-order valence-corrected chi connectivity index (χ3v) is 6.27. The Bertz CT molecular complexity index is 728. The van der Waals surface area contributed by atoms with Crippen molar-refractivity contribution in [2.24, 2.45) is 5.92 Å². The lowest BCUT2D eigenvalue weighted by Gasteiger charge is -2.20. The summed E-state index contributed by atoms with van der Waals surface area (Å²) in [7, 11) is -3.39. The van der Waals surface area contributed by atoms with E-state index in [1.54, 1.807) is 19.1 Å². The average molecular weight is 415 g/mol. The molecule has 0 saturated heterocycles. The normalized spacial score (nSPS) is 16.2. The van der Waals surface area contributed by atoms with Crippen molar-refractivity contribution >= 4 is 10.0 Å². The van der Waals surface area contributed by atoms with E-state index in [0.717, 1.165) is 32.2 Å². The van der Waals surface area contributed by atoms with Crippen LogP contribution in [0.25, 0.3) is 0 Å². The molecular formula is C21H35FN2O3S. The standard InChI is InChI=1S/C21H35FN2O3S/c1-16(18-10-11-19(22)20(14-18)27-15-17-8-9-17)24-28(25,26)13-7-5-6-12-23-21(2,3)4/h10-11,14,16-17,23-24H,5-9,12-13,15H2,1-4H3/t16-/m1/s1. The summed E-state index contributed by atoms with van der Waals surface area (Å²) in [5.41, 5.74) is 0.782. The van der Waals surface area contributed by atoms with Crippen LogP contribution in [0.1, 0.15) is 71.4 Å². The van der Waals surface area contributed by atoms with Gasteiger partial charge in [0.05, 0.1) is 12.4 Å². The fourth-order valence-corrected chi connectivity index (χ4v) is 4.22. The van der Waals surface area contributed by atoms with Crippen LogP contribution in [0, 0.1) is 11.7 Å². The number of nitrogens with one attached hydrogen (secondary N) is 2. The van der Waals surface area contributed by atoms with E-state index < -0.39 is 21.9 Å². The summed E-state index contributed by atoms with van der Waals surface area (Å²) < 4.78 is 46.9. The number of sulfonamides is 1. The molecule has 1 saturated carbocycles. The fraction of sp³-hybridized carbons (Fsp3) is 0.714. The Morgan fingerprint density at radius 1 is 1.21 bits per heavy atom. The predicted octanol–water partition coefficient (Wildman–Crippen LogP) is 4.15. The molecule has 1 aromatic rings. The number of hydrogen-bond donors (Lipinski definition) is 2. The monoisotopic (exact) mass is 414 g/mol. The smallest absolute Gasteiger partial charge is 0.212 e. The third-order valence-electron chi connectivity index (χ3n) is 4.73. The molecule has 0 bridgehead atoms. The quantitative estimate of drug-likeness (QED) is 0.504. The van der Waals surface area contributed by atoms with Crippen LogP contribution in [0.2, 0.25) is 0 Å². The molecule has 2 rings (SSSR count). The van der Waals surface area contributed by atoms with Crippen LogP contribution < -0.4 is 14.8 Å². The van der Waals surface area contributed by atoms with Crippen molar-refractivity contribution in [3.05, 3.63) is 29.6 Å². The van der Waals surface area contributed by atoms with Gasteiger partial charge in [-0.3, -0.25) is 0 Å². The van der Waals surface area contributed by atoms with E-state index in [9.17, 15) is 12.8 Å². The zero-order valence-corrected chi connectivity index (χ0v) is 18.4. The molecule has 1 atom stereocenters. The summed E-state index contributed by atoms with van der Waals surface area (Å²) in [6.07, 6.45) is 4.68. The van der Waals surface area contributed by atoms with E-state index >= 15 is 0 Å². The highest BCUT2D eigenvalue weighted by molar-refractivity contribution is 7.89. The second-order valence-corrected chi connectivity index (χ2v) is 10.7. The molecule has 5 nitrogen and oxygen atoms in total. The molecule has 160 valence electrons. The molecule has 1 aromatic carbocycles. The maximum atomic E-state index is 13.9. The van der Waals surface area contributed by atoms with Gasteiger partial charge in [0, 0.05) is 11.6 Å². The van der Waals surface area contributed by atoms with Crippen LogP contribution in [-0.2, 0) is 10.0 Å². The van der Waals surface area contributed by atoms with Crippen molar-refractivity contribution in [3.8, 4) is 5.75 Å². The van der Waals surface area contributed by atoms with Gasteiger partial charge in [0.2, 0.25) is 10.0 Å². The zero-order valence-electron chi connectivity index (χ0n) is 17.6. The predicted molar refractivity (Wildman–Crippen MR) is 112 cm³/mol. The molecule has 1 aliphatic carbocycles. The van der Waals surface area contributed by atoms with Gasteiger partial charge in [-0.05, 0) is 83.5 Å². The Kier molecular flexibility index (Phi) is 8.28. The van der Waals surface area contributed by atoms with Crippen LogP contribution in [0.15, 0.2) is 18.2 Å². The minimum atomic E-state index is -3.39. The molecule has 0 unspecified atom stereocenters. The van der Waals surface area contributed by atoms with Gasteiger partial charge < -0.3 is 10.1 Å². The largest absolute Gasteiger partial charge is 0.490 e. The molecule has 28 heavy (non-hydrogen) atoms. The van der Waals surface area contributed by atoms with Gasteiger partial charge in [-0.2, -0.15) is 0 Å².